The standard InChI is InChI=1S/C17H14BrN3/c1-12(13-6-9-15(18)10-7-13)20-21-17-11-8-14-4-2-3-5-16(14)19-17/h2-11H,1H3,(H,19,21)/b20-12-. The topological polar surface area (TPSA) is 37.3 Å². The summed E-state index contributed by atoms with van der Waals surface area (Å²) < 4.78 is 1.06. The van der Waals surface area contributed by atoms with Gasteiger partial charge in [-0.25, -0.2) is 4.98 Å². The molecule has 0 fully saturated rings. The molecule has 0 unspecified atom stereocenters. The van der Waals surface area contributed by atoms with Gasteiger partial charge in [-0.1, -0.05) is 46.3 Å². The van der Waals surface area contributed by atoms with Gasteiger partial charge in [-0.05, 0) is 42.8 Å². The minimum absolute atomic E-state index is 0.741. The third-order valence-electron chi connectivity index (χ3n) is 3.20. The number of hydrogen-bond donors (Lipinski definition) is 1. The lowest BCUT2D eigenvalue weighted by Crippen LogP contribution is -2.00. The van der Waals surface area contributed by atoms with Gasteiger partial charge in [0.25, 0.3) is 0 Å². The molecule has 1 heterocycles. The van der Waals surface area contributed by atoms with E-state index in [9.17, 15) is 0 Å². The lowest BCUT2D eigenvalue weighted by molar-refractivity contribution is 1.25. The van der Waals surface area contributed by atoms with E-state index < -0.39 is 0 Å². The van der Waals surface area contributed by atoms with Crippen molar-refractivity contribution in [2.24, 2.45) is 5.10 Å². The molecular weight excluding hydrogens is 326 g/mol. The summed E-state index contributed by atoms with van der Waals surface area (Å²) in [6.45, 7) is 1.97. The summed E-state index contributed by atoms with van der Waals surface area (Å²) in [5.74, 6) is 0.741. The smallest absolute Gasteiger partial charge is 0.146 e. The van der Waals surface area contributed by atoms with Crippen LogP contribution in [0.15, 0.2) is 70.2 Å². The summed E-state index contributed by atoms with van der Waals surface area (Å²) in [6, 6.07) is 20.1. The Balaban J connectivity index is 1.81. The Morgan fingerprint density at radius 3 is 2.57 bits per heavy atom. The molecule has 0 atom stereocenters. The molecule has 0 saturated heterocycles. The number of hydrogen-bond acceptors (Lipinski definition) is 3. The van der Waals surface area contributed by atoms with Gasteiger partial charge in [0, 0.05) is 9.86 Å². The Kier molecular flexibility index (Phi) is 3.97. The fourth-order valence-corrected chi connectivity index (χ4v) is 2.29. The maximum atomic E-state index is 4.53. The second kappa shape index (κ2) is 6.06. The van der Waals surface area contributed by atoms with E-state index in [-0.39, 0.29) is 0 Å². The molecule has 1 N–H and O–H groups in total. The zero-order chi connectivity index (χ0) is 14.7. The summed E-state index contributed by atoms with van der Waals surface area (Å²) in [6.07, 6.45) is 0. The molecule has 0 saturated carbocycles. The third-order valence-corrected chi connectivity index (χ3v) is 3.73. The molecule has 0 aliphatic rings. The zero-order valence-corrected chi connectivity index (χ0v) is 13.1. The van der Waals surface area contributed by atoms with Gasteiger partial charge in [0.2, 0.25) is 0 Å². The lowest BCUT2D eigenvalue weighted by Gasteiger charge is -2.04. The lowest BCUT2D eigenvalue weighted by atomic mass is 10.1. The summed E-state index contributed by atoms with van der Waals surface area (Å²) >= 11 is 3.43. The van der Waals surface area contributed by atoms with Crippen molar-refractivity contribution in [2.45, 2.75) is 6.92 Å². The van der Waals surface area contributed by atoms with Crippen LogP contribution in [0.2, 0.25) is 0 Å². The molecule has 4 heteroatoms. The number of benzene rings is 2. The van der Waals surface area contributed by atoms with Gasteiger partial charge in [-0.2, -0.15) is 5.10 Å². The van der Waals surface area contributed by atoms with Crippen LogP contribution in [-0.2, 0) is 0 Å². The fraction of sp³-hybridized carbons (Fsp3) is 0.0588. The van der Waals surface area contributed by atoms with Crippen molar-refractivity contribution in [3.8, 4) is 0 Å². The van der Waals surface area contributed by atoms with Crippen LogP contribution in [0.5, 0.6) is 0 Å². The van der Waals surface area contributed by atoms with Crippen LogP contribution in [0.3, 0.4) is 0 Å². The monoisotopic (exact) mass is 339 g/mol. The Labute approximate surface area is 131 Å². The van der Waals surface area contributed by atoms with Gasteiger partial charge in [0.05, 0.1) is 11.2 Å². The largest absolute Gasteiger partial charge is 0.261 e. The van der Waals surface area contributed by atoms with Crippen LogP contribution < -0.4 is 5.43 Å². The number of fused-ring (bicyclic) bond motifs is 1. The molecule has 2 aromatic carbocycles. The highest BCUT2D eigenvalue weighted by atomic mass is 79.9. The molecule has 3 nitrogen and oxygen atoms in total. The number of pyridine rings is 1. The van der Waals surface area contributed by atoms with Gasteiger partial charge in [0.15, 0.2) is 0 Å². The van der Waals surface area contributed by atoms with E-state index in [1.807, 2.05) is 67.6 Å². The molecule has 0 amide bonds. The van der Waals surface area contributed by atoms with Crippen molar-refractivity contribution >= 4 is 38.4 Å². The fourth-order valence-electron chi connectivity index (χ4n) is 2.03. The van der Waals surface area contributed by atoms with E-state index in [2.05, 4.69) is 31.4 Å². The van der Waals surface area contributed by atoms with E-state index in [0.29, 0.717) is 0 Å². The first kappa shape index (κ1) is 13.8. The highest BCUT2D eigenvalue weighted by Crippen LogP contribution is 2.15. The highest BCUT2D eigenvalue weighted by Gasteiger charge is 1.99. The average molecular weight is 340 g/mol. The Morgan fingerprint density at radius 2 is 1.76 bits per heavy atom. The first-order valence-electron chi connectivity index (χ1n) is 6.64. The number of rotatable bonds is 3. The van der Waals surface area contributed by atoms with Gasteiger partial charge in [-0.3, -0.25) is 5.43 Å². The van der Waals surface area contributed by atoms with Gasteiger partial charge in [0.1, 0.15) is 5.82 Å². The molecule has 1 aromatic heterocycles. The molecule has 0 aliphatic carbocycles. The second-order valence-electron chi connectivity index (χ2n) is 4.71. The number of anilines is 1. The Bertz CT molecular complexity index is 794. The number of nitrogens with one attached hydrogen (secondary N) is 1. The van der Waals surface area contributed by atoms with Crippen molar-refractivity contribution in [1.82, 2.24) is 4.98 Å². The van der Waals surface area contributed by atoms with Crippen LogP contribution in [0.25, 0.3) is 10.9 Å². The molecule has 0 bridgehead atoms. The third kappa shape index (κ3) is 3.28. The summed E-state index contributed by atoms with van der Waals surface area (Å²) in [5.41, 5.74) is 5.96. The van der Waals surface area contributed by atoms with E-state index in [4.69, 9.17) is 0 Å². The maximum Gasteiger partial charge on any atom is 0.146 e. The van der Waals surface area contributed by atoms with Gasteiger partial charge < -0.3 is 0 Å². The summed E-state index contributed by atoms with van der Waals surface area (Å²) in [5, 5.41) is 5.51. The van der Waals surface area contributed by atoms with Crippen LogP contribution >= 0.6 is 15.9 Å². The second-order valence-corrected chi connectivity index (χ2v) is 5.62. The molecule has 3 aromatic rings. The minimum atomic E-state index is 0.741. The summed E-state index contributed by atoms with van der Waals surface area (Å²) in [7, 11) is 0. The van der Waals surface area contributed by atoms with E-state index in [0.717, 1.165) is 32.5 Å². The number of nitrogens with zero attached hydrogens (tertiary/aromatic N) is 2. The maximum absolute atomic E-state index is 4.53. The van der Waals surface area contributed by atoms with Crippen LogP contribution in [0, 0.1) is 0 Å². The SMILES string of the molecule is C/C(=N/Nc1ccc2ccccc2n1)c1ccc(Br)cc1. The molecule has 3 rings (SSSR count). The van der Waals surface area contributed by atoms with Crippen LogP contribution in [0.4, 0.5) is 5.82 Å². The summed E-state index contributed by atoms with van der Waals surface area (Å²) in [4.78, 5) is 4.53. The van der Waals surface area contributed by atoms with Crippen molar-refractivity contribution < 1.29 is 0 Å². The van der Waals surface area contributed by atoms with E-state index >= 15 is 0 Å². The van der Waals surface area contributed by atoms with Crippen molar-refractivity contribution in [1.29, 1.82) is 0 Å². The first-order chi connectivity index (χ1) is 10.2. The molecular formula is C17H14BrN3. The number of halogens is 1. The predicted octanol–water partition coefficient (Wildman–Crippen LogP) is 4.83. The first-order valence-corrected chi connectivity index (χ1v) is 7.44. The van der Waals surface area contributed by atoms with Gasteiger partial charge in [-0.15, -0.1) is 0 Å². The zero-order valence-electron chi connectivity index (χ0n) is 11.5. The Hall–Kier alpha value is -2.20. The van der Waals surface area contributed by atoms with Crippen molar-refractivity contribution in [3.63, 3.8) is 0 Å². The predicted molar refractivity (Wildman–Crippen MR) is 91.7 cm³/mol. The average Bonchev–Trinajstić information content (AvgIpc) is 2.53. The van der Waals surface area contributed by atoms with E-state index in [1.165, 1.54) is 0 Å². The normalized spacial score (nSPS) is 11.6. The Morgan fingerprint density at radius 1 is 1.00 bits per heavy atom. The number of para-hydroxylation sites is 1. The molecule has 21 heavy (non-hydrogen) atoms. The highest BCUT2D eigenvalue weighted by molar-refractivity contribution is 9.10. The van der Waals surface area contributed by atoms with Crippen molar-refractivity contribution in [3.05, 3.63) is 70.7 Å². The molecule has 104 valence electrons. The minimum Gasteiger partial charge on any atom is -0.261 e. The van der Waals surface area contributed by atoms with Crippen LogP contribution in [0.1, 0.15) is 12.5 Å². The van der Waals surface area contributed by atoms with Crippen LogP contribution in [-0.4, -0.2) is 10.7 Å². The van der Waals surface area contributed by atoms with Gasteiger partial charge >= 0.3 is 0 Å². The number of hydrazone groups is 1. The quantitative estimate of drug-likeness (QED) is 0.548. The van der Waals surface area contributed by atoms with E-state index in [1.54, 1.807) is 0 Å². The molecule has 0 aliphatic heterocycles. The number of aromatic nitrogens is 1. The molecule has 0 radical (unpaired) electrons. The van der Waals surface area contributed by atoms with Crippen molar-refractivity contribution in [2.75, 3.05) is 5.43 Å². The molecule has 0 spiro atoms.